The van der Waals surface area contributed by atoms with Crippen LogP contribution < -0.4 is 0 Å². The van der Waals surface area contributed by atoms with Crippen LogP contribution >= 0.6 is 0 Å². The van der Waals surface area contributed by atoms with Crippen molar-refractivity contribution in [2.24, 2.45) is 0 Å². The highest BCUT2D eigenvalue weighted by molar-refractivity contribution is 5.94. The van der Waals surface area contributed by atoms with Gasteiger partial charge < -0.3 is 9.88 Å². The fourth-order valence-corrected chi connectivity index (χ4v) is 3.05. The third-order valence-corrected chi connectivity index (χ3v) is 4.51. The molecule has 0 atom stereocenters. The summed E-state index contributed by atoms with van der Waals surface area (Å²) in [6, 6.07) is 8.04. The van der Waals surface area contributed by atoms with Crippen LogP contribution in [-0.4, -0.2) is 33.9 Å². The summed E-state index contributed by atoms with van der Waals surface area (Å²) in [5.41, 5.74) is 2.06. The number of rotatable bonds is 3. The number of nitrogens with one attached hydrogen (secondary N) is 1. The minimum absolute atomic E-state index is 0.146. The number of amides is 1. The maximum atomic E-state index is 12.6. The molecule has 22 heavy (non-hydrogen) atoms. The zero-order chi connectivity index (χ0) is 15.5. The van der Waals surface area contributed by atoms with E-state index in [1.807, 2.05) is 23.2 Å². The molecule has 116 valence electrons. The second-order valence-corrected chi connectivity index (χ2v) is 6.32. The quantitative estimate of drug-likeness (QED) is 0.941. The molecule has 1 aliphatic heterocycles. The predicted octanol–water partition coefficient (Wildman–Crippen LogP) is 3.55. The molecule has 0 aliphatic carbocycles. The van der Waals surface area contributed by atoms with Crippen molar-refractivity contribution in [1.29, 1.82) is 0 Å². The number of benzene rings is 1. The number of aromatic amines is 1. The Morgan fingerprint density at radius 3 is 2.45 bits per heavy atom. The summed E-state index contributed by atoms with van der Waals surface area (Å²) in [5, 5.41) is 0. The maximum absolute atomic E-state index is 12.6. The third kappa shape index (κ3) is 3.06. The van der Waals surface area contributed by atoms with Crippen molar-refractivity contribution in [2.75, 3.05) is 13.1 Å². The van der Waals surface area contributed by atoms with Gasteiger partial charge in [-0.05, 0) is 36.5 Å². The van der Waals surface area contributed by atoms with Gasteiger partial charge in [0.15, 0.2) is 0 Å². The molecule has 2 aromatic rings. The minimum Gasteiger partial charge on any atom is -0.348 e. The zero-order valence-electron chi connectivity index (χ0n) is 13.2. The van der Waals surface area contributed by atoms with Crippen LogP contribution in [0.4, 0.5) is 0 Å². The molecule has 4 nitrogen and oxygen atoms in total. The average molecular weight is 297 g/mol. The first-order chi connectivity index (χ1) is 10.6. The van der Waals surface area contributed by atoms with Crippen molar-refractivity contribution in [2.45, 2.75) is 38.5 Å². The van der Waals surface area contributed by atoms with E-state index in [1.165, 1.54) is 5.56 Å². The van der Waals surface area contributed by atoms with Gasteiger partial charge in [0.1, 0.15) is 5.82 Å². The first kappa shape index (κ1) is 14.8. The van der Waals surface area contributed by atoms with Gasteiger partial charge in [0.05, 0.1) is 0 Å². The second kappa shape index (κ2) is 6.34. The Balaban J connectivity index is 1.62. The van der Waals surface area contributed by atoms with Gasteiger partial charge in [-0.3, -0.25) is 4.79 Å². The lowest BCUT2D eigenvalue weighted by atomic mass is 9.95. The fraction of sp³-hybridized carbons (Fsp3) is 0.444. The fourth-order valence-electron chi connectivity index (χ4n) is 3.05. The highest BCUT2D eigenvalue weighted by atomic mass is 16.2. The molecule has 1 amide bonds. The molecule has 1 N–H and O–H groups in total. The van der Waals surface area contributed by atoms with Crippen LogP contribution in [0.1, 0.15) is 60.3 Å². The lowest BCUT2D eigenvalue weighted by Crippen LogP contribution is -2.38. The highest BCUT2D eigenvalue weighted by Crippen LogP contribution is 2.26. The SMILES string of the molecule is CC(C)c1ccc(C(=O)N2CCC(c3ncc[nH]3)CC2)cc1. The van der Waals surface area contributed by atoms with Crippen LogP contribution in [0, 0.1) is 0 Å². The summed E-state index contributed by atoms with van der Waals surface area (Å²) in [6.45, 7) is 5.93. The summed E-state index contributed by atoms with van der Waals surface area (Å²) in [4.78, 5) is 22.1. The Morgan fingerprint density at radius 1 is 1.23 bits per heavy atom. The number of likely N-dealkylation sites (tertiary alicyclic amines) is 1. The molecule has 1 fully saturated rings. The molecule has 0 spiro atoms. The van der Waals surface area contributed by atoms with E-state index < -0.39 is 0 Å². The Hall–Kier alpha value is -2.10. The summed E-state index contributed by atoms with van der Waals surface area (Å²) in [6.07, 6.45) is 5.61. The molecule has 1 saturated heterocycles. The van der Waals surface area contributed by atoms with Gasteiger partial charge in [-0.15, -0.1) is 0 Å². The first-order valence-electron chi connectivity index (χ1n) is 8.03. The molecule has 1 aromatic carbocycles. The van der Waals surface area contributed by atoms with Gasteiger partial charge in [-0.1, -0.05) is 26.0 Å². The van der Waals surface area contributed by atoms with E-state index in [-0.39, 0.29) is 5.91 Å². The zero-order valence-corrected chi connectivity index (χ0v) is 13.2. The van der Waals surface area contributed by atoms with Crippen molar-refractivity contribution in [1.82, 2.24) is 14.9 Å². The predicted molar refractivity (Wildman–Crippen MR) is 87.0 cm³/mol. The second-order valence-electron chi connectivity index (χ2n) is 6.32. The highest BCUT2D eigenvalue weighted by Gasteiger charge is 2.25. The molecule has 2 heterocycles. The van der Waals surface area contributed by atoms with E-state index in [0.717, 1.165) is 37.3 Å². The summed E-state index contributed by atoms with van der Waals surface area (Å²) < 4.78 is 0. The number of aromatic nitrogens is 2. The Kier molecular flexibility index (Phi) is 4.27. The van der Waals surface area contributed by atoms with E-state index in [4.69, 9.17) is 0 Å². The first-order valence-corrected chi connectivity index (χ1v) is 8.03. The van der Waals surface area contributed by atoms with Crippen molar-refractivity contribution in [3.63, 3.8) is 0 Å². The van der Waals surface area contributed by atoms with Crippen LogP contribution in [0.15, 0.2) is 36.7 Å². The standard InChI is InChI=1S/C18H23N3O/c1-13(2)14-3-5-16(6-4-14)18(22)21-11-7-15(8-12-21)17-19-9-10-20-17/h3-6,9-10,13,15H,7-8,11-12H2,1-2H3,(H,19,20). The molecule has 4 heteroatoms. The van der Waals surface area contributed by atoms with Crippen LogP contribution in [0.2, 0.25) is 0 Å². The van der Waals surface area contributed by atoms with Gasteiger partial charge in [0.25, 0.3) is 5.91 Å². The maximum Gasteiger partial charge on any atom is 0.253 e. The monoisotopic (exact) mass is 297 g/mol. The number of carbonyl (C=O) groups is 1. The van der Waals surface area contributed by atoms with Crippen molar-refractivity contribution < 1.29 is 4.79 Å². The smallest absolute Gasteiger partial charge is 0.253 e. The third-order valence-electron chi connectivity index (χ3n) is 4.51. The van der Waals surface area contributed by atoms with Gasteiger partial charge in [-0.25, -0.2) is 4.98 Å². The molecular weight excluding hydrogens is 274 g/mol. The van der Waals surface area contributed by atoms with E-state index in [1.54, 1.807) is 6.20 Å². The van der Waals surface area contributed by atoms with E-state index in [2.05, 4.69) is 35.9 Å². The van der Waals surface area contributed by atoms with E-state index in [0.29, 0.717) is 11.8 Å². The van der Waals surface area contributed by atoms with Gasteiger partial charge in [0.2, 0.25) is 0 Å². The summed E-state index contributed by atoms with van der Waals surface area (Å²) in [5.74, 6) is 2.14. The molecule has 0 bridgehead atoms. The van der Waals surface area contributed by atoms with Gasteiger partial charge in [-0.2, -0.15) is 0 Å². The van der Waals surface area contributed by atoms with Crippen LogP contribution in [0.5, 0.6) is 0 Å². The number of imidazole rings is 1. The molecule has 1 aromatic heterocycles. The van der Waals surface area contributed by atoms with Crippen molar-refractivity contribution >= 4 is 5.91 Å². The van der Waals surface area contributed by atoms with Crippen LogP contribution in [0.25, 0.3) is 0 Å². The minimum atomic E-state index is 0.146. The number of piperidine rings is 1. The van der Waals surface area contributed by atoms with E-state index >= 15 is 0 Å². The Labute approximate surface area is 131 Å². The van der Waals surface area contributed by atoms with Gasteiger partial charge in [0, 0.05) is 37.0 Å². The summed E-state index contributed by atoms with van der Waals surface area (Å²) >= 11 is 0. The Morgan fingerprint density at radius 2 is 1.91 bits per heavy atom. The van der Waals surface area contributed by atoms with Crippen molar-refractivity contribution in [3.8, 4) is 0 Å². The molecule has 0 saturated carbocycles. The molecular formula is C18H23N3O. The Bertz CT molecular complexity index is 608. The van der Waals surface area contributed by atoms with E-state index in [9.17, 15) is 4.79 Å². The van der Waals surface area contributed by atoms with Gasteiger partial charge >= 0.3 is 0 Å². The number of hydrogen-bond acceptors (Lipinski definition) is 2. The average Bonchev–Trinajstić information content (AvgIpc) is 3.09. The topological polar surface area (TPSA) is 49.0 Å². The number of nitrogens with zero attached hydrogens (tertiary/aromatic N) is 2. The number of carbonyl (C=O) groups excluding carboxylic acids is 1. The lowest BCUT2D eigenvalue weighted by molar-refractivity contribution is 0.0711. The van der Waals surface area contributed by atoms with Crippen molar-refractivity contribution in [3.05, 3.63) is 53.6 Å². The summed E-state index contributed by atoms with van der Waals surface area (Å²) in [7, 11) is 0. The molecule has 1 aliphatic rings. The molecule has 0 unspecified atom stereocenters. The van der Waals surface area contributed by atoms with Crippen LogP contribution in [0.3, 0.4) is 0 Å². The number of H-pyrrole nitrogens is 1. The van der Waals surface area contributed by atoms with Crippen LogP contribution in [-0.2, 0) is 0 Å². The number of hydrogen-bond donors (Lipinski definition) is 1. The lowest BCUT2D eigenvalue weighted by Gasteiger charge is -2.31. The molecule has 3 rings (SSSR count). The molecule has 0 radical (unpaired) electrons. The largest absolute Gasteiger partial charge is 0.348 e. The normalized spacial score (nSPS) is 16.2.